The molecule has 33 heavy (non-hydrogen) atoms. The lowest BCUT2D eigenvalue weighted by molar-refractivity contribution is -0.129. The standard InChI is InChI=1S/C24H25F2N3O3S/c1-14-5-7-17(10-15(14)2)27-24-29(13-18-4-3-9-32-18)23(31)21(33-24)12-22(30)28-20-8-6-16(25)11-19(20)26/h5-8,10-11,18,21H,3-4,9,12-13H2,1-2H3,(H,28,30). The normalized spacial score (nSPS) is 21.8. The molecule has 0 spiro atoms. The molecular weight excluding hydrogens is 448 g/mol. The molecule has 2 saturated heterocycles. The second-order valence-corrected chi connectivity index (χ2v) is 9.40. The van der Waals surface area contributed by atoms with Crippen LogP contribution in [-0.4, -0.2) is 46.4 Å². The third kappa shape index (κ3) is 5.59. The number of amides is 2. The number of carbonyl (C=O) groups excluding carboxylic acids is 2. The quantitative estimate of drug-likeness (QED) is 0.659. The van der Waals surface area contributed by atoms with Gasteiger partial charge in [0.15, 0.2) is 5.17 Å². The monoisotopic (exact) mass is 473 g/mol. The zero-order chi connectivity index (χ0) is 23.5. The largest absolute Gasteiger partial charge is 0.376 e. The molecule has 1 N–H and O–H groups in total. The molecule has 0 aliphatic carbocycles. The Balaban J connectivity index is 1.52. The summed E-state index contributed by atoms with van der Waals surface area (Å²) in [6.45, 7) is 5.05. The van der Waals surface area contributed by atoms with Gasteiger partial charge in [0.2, 0.25) is 11.8 Å². The van der Waals surface area contributed by atoms with Gasteiger partial charge in [-0.2, -0.15) is 0 Å². The fourth-order valence-electron chi connectivity index (χ4n) is 3.75. The molecule has 0 aromatic heterocycles. The Hall–Kier alpha value is -2.78. The van der Waals surface area contributed by atoms with Crippen LogP contribution in [-0.2, 0) is 14.3 Å². The topological polar surface area (TPSA) is 71.0 Å². The van der Waals surface area contributed by atoms with Crippen LogP contribution < -0.4 is 5.32 Å². The summed E-state index contributed by atoms with van der Waals surface area (Å²) < 4.78 is 32.7. The zero-order valence-corrected chi connectivity index (χ0v) is 19.3. The Kier molecular flexibility index (Phi) is 7.09. The number of anilines is 1. The molecule has 2 aliphatic rings. The smallest absolute Gasteiger partial charge is 0.242 e. The van der Waals surface area contributed by atoms with Gasteiger partial charge in [0.05, 0.1) is 24.0 Å². The lowest BCUT2D eigenvalue weighted by Gasteiger charge is -2.20. The van der Waals surface area contributed by atoms with Gasteiger partial charge in [0, 0.05) is 19.1 Å². The van der Waals surface area contributed by atoms with E-state index in [0.29, 0.717) is 24.4 Å². The number of rotatable bonds is 6. The van der Waals surface area contributed by atoms with Gasteiger partial charge >= 0.3 is 0 Å². The van der Waals surface area contributed by atoms with Crippen LogP contribution in [0.4, 0.5) is 20.2 Å². The van der Waals surface area contributed by atoms with E-state index in [2.05, 4.69) is 5.32 Å². The fraction of sp³-hybridized carbons (Fsp3) is 0.375. The highest BCUT2D eigenvalue weighted by atomic mass is 32.2. The van der Waals surface area contributed by atoms with E-state index in [1.807, 2.05) is 32.0 Å². The molecule has 0 radical (unpaired) electrons. The molecule has 2 aromatic carbocycles. The first kappa shape index (κ1) is 23.4. The van der Waals surface area contributed by atoms with Gasteiger partial charge in [-0.3, -0.25) is 14.5 Å². The third-order valence-electron chi connectivity index (χ3n) is 5.72. The number of hydrogen-bond acceptors (Lipinski definition) is 5. The van der Waals surface area contributed by atoms with Crippen molar-refractivity contribution >= 4 is 40.1 Å². The molecule has 0 saturated carbocycles. The number of carbonyl (C=O) groups is 2. The number of aryl methyl sites for hydroxylation is 2. The van der Waals surface area contributed by atoms with Gasteiger partial charge in [0.25, 0.3) is 0 Å². The number of benzene rings is 2. The summed E-state index contributed by atoms with van der Waals surface area (Å²) in [6, 6.07) is 8.73. The fourth-order valence-corrected chi connectivity index (χ4v) is 4.92. The van der Waals surface area contributed by atoms with Crippen molar-refractivity contribution in [2.45, 2.75) is 44.5 Å². The van der Waals surface area contributed by atoms with Crippen LogP contribution in [0.25, 0.3) is 0 Å². The van der Waals surface area contributed by atoms with Crippen LogP contribution in [0.1, 0.15) is 30.4 Å². The van der Waals surface area contributed by atoms with Gasteiger partial charge in [-0.15, -0.1) is 0 Å². The summed E-state index contributed by atoms with van der Waals surface area (Å²) in [7, 11) is 0. The molecule has 2 fully saturated rings. The summed E-state index contributed by atoms with van der Waals surface area (Å²) >= 11 is 1.22. The summed E-state index contributed by atoms with van der Waals surface area (Å²) in [5.74, 6) is -2.36. The average Bonchev–Trinajstić information content (AvgIpc) is 3.37. The van der Waals surface area contributed by atoms with Gasteiger partial charge < -0.3 is 10.1 Å². The maximum absolute atomic E-state index is 13.9. The maximum Gasteiger partial charge on any atom is 0.242 e. The van der Waals surface area contributed by atoms with E-state index in [1.54, 1.807) is 4.90 Å². The number of nitrogens with one attached hydrogen (secondary N) is 1. The van der Waals surface area contributed by atoms with E-state index in [4.69, 9.17) is 9.73 Å². The molecule has 174 valence electrons. The van der Waals surface area contributed by atoms with Crippen LogP contribution >= 0.6 is 11.8 Å². The van der Waals surface area contributed by atoms with Crippen LogP contribution in [0, 0.1) is 25.5 Å². The van der Waals surface area contributed by atoms with Crippen molar-refractivity contribution in [1.29, 1.82) is 0 Å². The second-order valence-electron chi connectivity index (χ2n) is 8.23. The molecule has 4 rings (SSSR count). The maximum atomic E-state index is 13.9. The molecular formula is C24H25F2N3O3S. The van der Waals surface area contributed by atoms with Gasteiger partial charge in [0.1, 0.15) is 16.9 Å². The first-order chi connectivity index (χ1) is 15.8. The highest BCUT2D eigenvalue weighted by Crippen LogP contribution is 2.33. The predicted octanol–water partition coefficient (Wildman–Crippen LogP) is 4.72. The first-order valence-electron chi connectivity index (χ1n) is 10.8. The van der Waals surface area contributed by atoms with E-state index in [1.165, 1.54) is 11.8 Å². The Bertz CT molecular complexity index is 1100. The summed E-state index contributed by atoms with van der Waals surface area (Å²) in [6.07, 6.45) is 1.58. The molecule has 2 atom stereocenters. The number of amidine groups is 1. The molecule has 6 nitrogen and oxygen atoms in total. The SMILES string of the molecule is Cc1ccc(N=C2SC(CC(=O)Nc3ccc(F)cc3F)C(=O)N2CC2CCCO2)cc1C. The number of halogens is 2. The Morgan fingerprint density at radius 3 is 2.73 bits per heavy atom. The molecule has 0 bridgehead atoms. The van der Waals surface area contributed by atoms with Crippen LogP contribution in [0.5, 0.6) is 0 Å². The average molecular weight is 474 g/mol. The molecule has 2 unspecified atom stereocenters. The van der Waals surface area contributed by atoms with Crippen LogP contribution in [0.3, 0.4) is 0 Å². The van der Waals surface area contributed by atoms with Crippen molar-refractivity contribution in [2.75, 3.05) is 18.5 Å². The minimum atomic E-state index is -0.870. The number of ether oxygens (including phenoxy) is 1. The van der Waals surface area contributed by atoms with E-state index >= 15 is 0 Å². The van der Waals surface area contributed by atoms with Crippen molar-refractivity contribution in [3.8, 4) is 0 Å². The van der Waals surface area contributed by atoms with E-state index in [0.717, 1.165) is 41.8 Å². The van der Waals surface area contributed by atoms with E-state index < -0.39 is 22.8 Å². The molecule has 2 aliphatic heterocycles. The van der Waals surface area contributed by atoms with Crippen molar-refractivity contribution in [2.24, 2.45) is 4.99 Å². The van der Waals surface area contributed by atoms with Gasteiger partial charge in [-0.05, 0) is 62.1 Å². The van der Waals surface area contributed by atoms with E-state index in [-0.39, 0.29) is 24.1 Å². The van der Waals surface area contributed by atoms with Gasteiger partial charge in [-0.1, -0.05) is 17.8 Å². The van der Waals surface area contributed by atoms with Crippen molar-refractivity contribution in [3.63, 3.8) is 0 Å². The Morgan fingerprint density at radius 2 is 2.03 bits per heavy atom. The second kappa shape index (κ2) is 10.0. The van der Waals surface area contributed by atoms with Gasteiger partial charge in [-0.25, -0.2) is 13.8 Å². The minimum absolute atomic E-state index is 0.0691. The highest BCUT2D eigenvalue weighted by Gasteiger charge is 2.40. The lowest BCUT2D eigenvalue weighted by Crippen LogP contribution is -2.38. The van der Waals surface area contributed by atoms with Crippen molar-refractivity contribution in [3.05, 3.63) is 59.2 Å². The molecule has 2 amide bonds. The summed E-state index contributed by atoms with van der Waals surface area (Å²) in [4.78, 5) is 32.0. The highest BCUT2D eigenvalue weighted by molar-refractivity contribution is 8.15. The molecule has 2 heterocycles. The summed E-state index contributed by atoms with van der Waals surface area (Å²) in [5, 5.41) is 2.25. The zero-order valence-electron chi connectivity index (χ0n) is 18.4. The lowest BCUT2D eigenvalue weighted by atomic mass is 10.1. The minimum Gasteiger partial charge on any atom is -0.376 e. The summed E-state index contributed by atoms with van der Waals surface area (Å²) in [5.41, 5.74) is 2.84. The number of aliphatic imine (C=N–C) groups is 1. The molecule has 2 aromatic rings. The number of thioether (sulfide) groups is 1. The Labute approximate surface area is 195 Å². The van der Waals surface area contributed by atoms with Crippen molar-refractivity contribution in [1.82, 2.24) is 4.90 Å². The predicted molar refractivity (Wildman–Crippen MR) is 125 cm³/mol. The number of hydrogen-bond donors (Lipinski definition) is 1. The first-order valence-corrected chi connectivity index (χ1v) is 11.7. The van der Waals surface area contributed by atoms with Crippen LogP contribution in [0.15, 0.2) is 41.4 Å². The van der Waals surface area contributed by atoms with Crippen LogP contribution in [0.2, 0.25) is 0 Å². The molecule has 9 heteroatoms. The number of nitrogens with zero attached hydrogens (tertiary/aromatic N) is 2. The Morgan fingerprint density at radius 1 is 1.21 bits per heavy atom. The van der Waals surface area contributed by atoms with Crippen molar-refractivity contribution < 1.29 is 23.1 Å². The third-order valence-corrected chi connectivity index (χ3v) is 6.90. The van der Waals surface area contributed by atoms with E-state index in [9.17, 15) is 18.4 Å².